The zero-order valence-electron chi connectivity index (χ0n) is 12.8. The van der Waals surface area contributed by atoms with E-state index in [4.69, 9.17) is 5.26 Å². The molecule has 3 rings (SSSR count). The molecule has 4 heteroatoms. The molecule has 2 nitrogen and oxygen atoms in total. The van der Waals surface area contributed by atoms with Crippen molar-refractivity contribution in [2.45, 2.75) is 19.4 Å². The van der Waals surface area contributed by atoms with E-state index in [1.54, 1.807) is 0 Å². The van der Waals surface area contributed by atoms with Gasteiger partial charge in [-0.05, 0) is 54.6 Å². The van der Waals surface area contributed by atoms with Gasteiger partial charge in [0, 0.05) is 19.2 Å². The normalized spacial score (nSPS) is 18.0. The molecule has 0 N–H and O–H groups in total. The molecular formula is C19H18F2N2. The summed E-state index contributed by atoms with van der Waals surface area (Å²) in [5.41, 5.74) is 2.46. The fourth-order valence-electron chi connectivity index (χ4n) is 3.29. The van der Waals surface area contributed by atoms with Gasteiger partial charge in [0.25, 0.3) is 0 Å². The van der Waals surface area contributed by atoms with Crippen molar-refractivity contribution in [1.82, 2.24) is 4.90 Å². The molecule has 0 aromatic heterocycles. The molecule has 1 saturated heterocycles. The van der Waals surface area contributed by atoms with Crippen LogP contribution in [0.2, 0.25) is 0 Å². The number of hydrogen-bond donors (Lipinski definition) is 0. The van der Waals surface area contributed by atoms with Gasteiger partial charge in [-0.1, -0.05) is 18.2 Å². The van der Waals surface area contributed by atoms with E-state index in [0.29, 0.717) is 23.5 Å². The summed E-state index contributed by atoms with van der Waals surface area (Å²) < 4.78 is 26.5. The average Bonchev–Trinajstić information content (AvgIpc) is 2.94. The molecule has 2 aromatic rings. The first-order valence-electron chi connectivity index (χ1n) is 7.79. The van der Waals surface area contributed by atoms with Crippen LogP contribution in [-0.2, 0) is 13.0 Å². The van der Waals surface area contributed by atoms with Crippen LogP contribution in [-0.4, -0.2) is 18.0 Å². The molecule has 1 fully saturated rings. The average molecular weight is 312 g/mol. The van der Waals surface area contributed by atoms with Gasteiger partial charge in [-0.15, -0.1) is 0 Å². The first kappa shape index (κ1) is 15.6. The van der Waals surface area contributed by atoms with Crippen molar-refractivity contribution in [3.8, 4) is 6.07 Å². The van der Waals surface area contributed by atoms with Crippen LogP contribution in [0.1, 0.15) is 23.1 Å². The lowest BCUT2D eigenvalue weighted by atomic mass is 9.98. The minimum atomic E-state index is -0.516. The summed E-state index contributed by atoms with van der Waals surface area (Å²) in [7, 11) is 0. The van der Waals surface area contributed by atoms with E-state index in [9.17, 15) is 8.78 Å². The third-order valence-corrected chi connectivity index (χ3v) is 4.35. The Morgan fingerprint density at radius 2 is 1.87 bits per heavy atom. The molecule has 0 amide bonds. The van der Waals surface area contributed by atoms with E-state index in [1.807, 2.05) is 24.3 Å². The topological polar surface area (TPSA) is 27.0 Å². The zero-order valence-corrected chi connectivity index (χ0v) is 12.8. The molecule has 0 radical (unpaired) electrons. The van der Waals surface area contributed by atoms with Crippen LogP contribution in [0.25, 0.3) is 0 Å². The first-order chi connectivity index (χ1) is 11.1. The number of halogens is 2. The number of hydrogen-bond acceptors (Lipinski definition) is 2. The van der Waals surface area contributed by atoms with Gasteiger partial charge in [0.2, 0.25) is 0 Å². The van der Waals surface area contributed by atoms with Crippen molar-refractivity contribution >= 4 is 0 Å². The maximum absolute atomic E-state index is 13.3. The highest BCUT2D eigenvalue weighted by atomic mass is 19.1. The smallest absolute Gasteiger partial charge is 0.126 e. The summed E-state index contributed by atoms with van der Waals surface area (Å²) in [4.78, 5) is 2.30. The Bertz CT molecular complexity index is 716. The third kappa shape index (κ3) is 3.94. The monoisotopic (exact) mass is 312 g/mol. The molecular weight excluding hydrogens is 294 g/mol. The second kappa shape index (κ2) is 6.89. The van der Waals surface area contributed by atoms with E-state index in [1.165, 1.54) is 12.1 Å². The molecule has 23 heavy (non-hydrogen) atoms. The van der Waals surface area contributed by atoms with Gasteiger partial charge in [-0.25, -0.2) is 8.78 Å². The van der Waals surface area contributed by atoms with Gasteiger partial charge < -0.3 is 0 Å². The van der Waals surface area contributed by atoms with Gasteiger partial charge in [-0.2, -0.15) is 5.26 Å². The number of likely N-dealkylation sites (tertiary alicyclic amines) is 1. The third-order valence-electron chi connectivity index (χ3n) is 4.35. The molecule has 1 atom stereocenters. The van der Waals surface area contributed by atoms with Gasteiger partial charge in [0.1, 0.15) is 11.6 Å². The maximum Gasteiger partial charge on any atom is 0.126 e. The van der Waals surface area contributed by atoms with Crippen molar-refractivity contribution in [3.63, 3.8) is 0 Å². The van der Waals surface area contributed by atoms with Crippen molar-refractivity contribution < 1.29 is 8.78 Å². The lowest BCUT2D eigenvalue weighted by Gasteiger charge is -2.17. The fourth-order valence-corrected chi connectivity index (χ4v) is 3.29. The minimum Gasteiger partial charge on any atom is -0.299 e. The van der Waals surface area contributed by atoms with Crippen molar-refractivity contribution in [2.75, 3.05) is 13.1 Å². The van der Waals surface area contributed by atoms with Gasteiger partial charge in [-0.3, -0.25) is 4.90 Å². The molecule has 0 bridgehead atoms. The van der Waals surface area contributed by atoms with Crippen molar-refractivity contribution in [2.24, 2.45) is 5.92 Å². The van der Waals surface area contributed by atoms with Crippen LogP contribution in [0.5, 0.6) is 0 Å². The lowest BCUT2D eigenvalue weighted by molar-refractivity contribution is 0.316. The molecule has 1 heterocycles. The predicted molar refractivity (Wildman–Crippen MR) is 84.6 cm³/mol. The van der Waals surface area contributed by atoms with Crippen LogP contribution in [0.15, 0.2) is 42.5 Å². The number of nitrogens with zero attached hydrogens (tertiary/aromatic N) is 2. The van der Waals surface area contributed by atoms with E-state index >= 15 is 0 Å². The van der Waals surface area contributed by atoms with E-state index < -0.39 is 11.6 Å². The highest BCUT2D eigenvalue weighted by molar-refractivity contribution is 5.37. The molecule has 1 aliphatic heterocycles. The Kier molecular flexibility index (Phi) is 4.68. The molecule has 0 saturated carbocycles. The van der Waals surface area contributed by atoms with Gasteiger partial charge in [0.05, 0.1) is 11.6 Å². The summed E-state index contributed by atoms with van der Waals surface area (Å²) in [5, 5.41) is 9.15. The quantitative estimate of drug-likeness (QED) is 0.856. The van der Waals surface area contributed by atoms with Crippen LogP contribution >= 0.6 is 0 Å². The van der Waals surface area contributed by atoms with Crippen molar-refractivity contribution in [1.29, 1.82) is 5.26 Å². The second-order valence-electron chi connectivity index (χ2n) is 6.14. The summed E-state index contributed by atoms with van der Waals surface area (Å²) in [6.45, 7) is 2.58. The Morgan fingerprint density at radius 1 is 1.13 bits per heavy atom. The summed E-state index contributed by atoms with van der Waals surface area (Å²) in [6, 6.07) is 13.6. The zero-order chi connectivity index (χ0) is 16.2. The van der Waals surface area contributed by atoms with E-state index in [0.717, 1.165) is 37.7 Å². The second-order valence-corrected chi connectivity index (χ2v) is 6.14. The standard InChI is InChI=1S/C19H18F2N2/c20-18-8-15(9-19(21)10-18)7-14-5-6-23(12-14)13-17-4-2-1-3-16(17)11-22/h1-4,8-10,14H,5-7,12-13H2. The van der Waals surface area contributed by atoms with Crippen LogP contribution in [0.3, 0.4) is 0 Å². The molecule has 0 spiro atoms. The van der Waals surface area contributed by atoms with E-state index in [2.05, 4.69) is 11.0 Å². The predicted octanol–water partition coefficient (Wildman–Crippen LogP) is 3.90. The lowest BCUT2D eigenvalue weighted by Crippen LogP contribution is -2.21. The summed E-state index contributed by atoms with van der Waals surface area (Å²) in [6.07, 6.45) is 1.69. The highest BCUT2D eigenvalue weighted by Crippen LogP contribution is 2.24. The maximum atomic E-state index is 13.3. The van der Waals surface area contributed by atoms with Crippen LogP contribution in [0, 0.1) is 28.9 Å². The SMILES string of the molecule is N#Cc1ccccc1CN1CCC(Cc2cc(F)cc(F)c2)C1. The molecule has 2 aromatic carbocycles. The van der Waals surface area contributed by atoms with Crippen LogP contribution < -0.4 is 0 Å². The fraction of sp³-hybridized carbons (Fsp3) is 0.316. The first-order valence-corrected chi connectivity index (χ1v) is 7.79. The molecule has 1 aliphatic rings. The number of rotatable bonds is 4. The van der Waals surface area contributed by atoms with Crippen LogP contribution in [0.4, 0.5) is 8.78 Å². The molecule has 118 valence electrons. The highest BCUT2D eigenvalue weighted by Gasteiger charge is 2.23. The Labute approximate surface area is 135 Å². The Balaban J connectivity index is 1.61. The van der Waals surface area contributed by atoms with Gasteiger partial charge in [0.15, 0.2) is 0 Å². The minimum absolute atomic E-state index is 0.394. The summed E-state index contributed by atoms with van der Waals surface area (Å²) >= 11 is 0. The number of nitriles is 1. The largest absolute Gasteiger partial charge is 0.299 e. The van der Waals surface area contributed by atoms with E-state index in [-0.39, 0.29) is 0 Å². The number of benzene rings is 2. The Hall–Kier alpha value is -2.25. The summed E-state index contributed by atoms with van der Waals surface area (Å²) in [5.74, 6) is -0.638. The Morgan fingerprint density at radius 3 is 2.61 bits per heavy atom. The molecule has 0 aliphatic carbocycles. The van der Waals surface area contributed by atoms with Gasteiger partial charge >= 0.3 is 0 Å². The molecule has 1 unspecified atom stereocenters. The van der Waals surface area contributed by atoms with Crippen molar-refractivity contribution in [3.05, 3.63) is 70.8 Å².